The molecule has 3 nitrogen and oxygen atoms in total. The van der Waals surface area contributed by atoms with Crippen LogP contribution in [0.15, 0.2) is 36.4 Å². The topological polar surface area (TPSA) is 52.9 Å². The van der Waals surface area contributed by atoms with Gasteiger partial charge in [0.2, 0.25) is 0 Å². The average molecular weight is 272 g/mol. The van der Waals surface area contributed by atoms with E-state index in [9.17, 15) is 13.6 Å². The lowest BCUT2D eigenvalue weighted by molar-refractivity contribution is 0.102. The number of hydrogen-bond donors (Lipinski definition) is 1. The van der Waals surface area contributed by atoms with Crippen LogP contribution >= 0.6 is 0 Å². The molecule has 0 atom stereocenters. The Hall–Kier alpha value is -2.74. The van der Waals surface area contributed by atoms with Crippen molar-refractivity contribution in [3.63, 3.8) is 0 Å². The Kier molecular flexibility index (Phi) is 3.76. The van der Waals surface area contributed by atoms with Crippen molar-refractivity contribution in [1.82, 2.24) is 0 Å². The third kappa shape index (κ3) is 2.98. The summed E-state index contributed by atoms with van der Waals surface area (Å²) >= 11 is 0. The standard InChI is InChI=1S/C15H10F2N2O/c1-9-4-10(6-12(16)5-9)15(20)19-13-2-3-14(17)11(7-13)8-18/h2-7H,1H3,(H,19,20). The Morgan fingerprint density at radius 3 is 2.60 bits per heavy atom. The van der Waals surface area contributed by atoms with Crippen LogP contribution < -0.4 is 5.32 Å². The van der Waals surface area contributed by atoms with Crippen molar-refractivity contribution < 1.29 is 13.6 Å². The van der Waals surface area contributed by atoms with Crippen LogP contribution in [-0.4, -0.2) is 5.91 Å². The van der Waals surface area contributed by atoms with Crippen LogP contribution in [0.4, 0.5) is 14.5 Å². The first-order valence-corrected chi connectivity index (χ1v) is 5.78. The fraction of sp³-hybridized carbons (Fsp3) is 0.0667. The number of nitrogens with one attached hydrogen (secondary N) is 1. The molecule has 1 amide bonds. The third-order valence-electron chi connectivity index (χ3n) is 2.65. The predicted molar refractivity (Wildman–Crippen MR) is 70.2 cm³/mol. The maximum atomic E-state index is 13.2. The van der Waals surface area contributed by atoms with Crippen LogP contribution in [0.2, 0.25) is 0 Å². The SMILES string of the molecule is Cc1cc(F)cc(C(=O)Nc2ccc(F)c(C#N)c2)c1. The van der Waals surface area contributed by atoms with E-state index in [1.54, 1.807) is 13.0 Å². The number of nitriles is 1. The van der Waals surface area contributed by atoms with Gasteiger partial charge in [0.15, 0.2) is 0 Å². The Labute approximate surface area is 114 Å². The average Bonchev–Trinajstić information content (AvgIpc) is 2.39. The van der Waals surface area contributed by atoms with Gasteiger partial charge in [0.25, 0.3) is 5.91 Å². The smallest absolute Gasteiger partial charge is 0.255 e. The molecule has 100 valence electrons. The highest BCUT2D eigenvalue weighted by Crippen LogP contribution is 2.16. The first-order valence-electron chi connectivity index (χ1n) is 5.78. The van der Waals surface area contributed by atoms with Gasteiger partial charge in [-0.2, -0.15) is 5.26 Å². The normalized spacial score (nSPS) is 9.90. The van der Waals surface area contributed by atoms with Gasteiger partial charge in [-0.15, -0.1) is 0 Å². The molecule has 0 aromatic heterocycles. The number of benzene rings is 2. The van der Waals surface area contributed by atoms with Crippen molar-refractivity contribution in [2.45, 2.75) is 6.92 Å². The Morgan fingerprint density at radius 1 is 1.20 bits per heavy atom. The Bertz CT molecular complexity index is 700. The fourth-order valence-corrected chi connectivity index (χ4v) is 1.76. The lowest BCUT2D eigenvalue weighted by Crippen LogP contribution is -2.12. The molecule has 0 saturated carbocycles. The highest BCUT2D eigenvalue weighted by molar-refractivity contribution is 6.04. The molecule has 0 bridgehead atoms. The van der Waals surface area contributed by atoms with Crippen molar-refractivity contribution in [3.8, 4) is 6.07 Å². The summed E-state index contributed by atoms with van der Waals surface area (Å²) in [4.78, 5) is 11.9. The number of nitrogens with zero attached hydrogens (tertiary/aromatic N) is 1. The first kappa shape index (κ1) is 13.7. The van der Waals surface area contributed by atoms with E-state index in [0.717, 1.165) is 12.1 Å². The molecule has 0 saturated heterocycles. The summed E-state index contributed by atoms with van der Waals surface area (Å²) < 4.78 is 26.4. The van der Waals surface area contributed by atoms with Crippen LogP contribution in [0.25, 0.3) is 0 Å². The molecule has 0 heterocycles. The summed E-state index contributed by atoms with van der Waals surface area (Å²) in [6.45, 7) is 1.67. The molecule has 0 radical (unpaired) electrons. The number of halogens is 2. The monoisotopic (exact) mass is 272 g/mol. The van der Waals surface area contributed by atoms with Gasteiger partial charge < -0.3 is 5.32 Å². The number of amides is 1. The Balaban J connectivity index is 2.26. The van der Waals surface area contributed by atoms with Crippen LogP contribution in [0.3, 0.4) is 0 Å². The minimum atomic E-state index is -0.660. The van der Waals surface area contributed by atoms with E-state index < -0.39 is 17.5 Å². The zero-order valence-corrected chi connectivity index (χ0v) is 10.6. The minimum Gasteiger partial charge on any atom is -0.322 e. The summed E-state index contributed by atoms with van der Waals surface area (Å²) in [7, 11) is 0. The zero-order chi connectivity index (χ0) is 14.7. The van der Waals surface area contributed by atoms with Crippen LogP contribution in [0.5, 0.6) is 0 Å². The summed E-state index contributed by atoms with van der Waals surface area (Å²) in [6.07, 6.45) is 0. The third-order valence-corrected chi connectivity index (χ3v) is 2.65. The summed E-state index contributed by atoms with van der Waals surface area (Å²) in [6, 6.07) is 9.28. The van der Waals surface area contributed by atoms with E-state index >= 15 is 0 Å². The van der Waals surface area contributed by atoms with Gasteiger partial charge >= 0.3 is 0 Å². The molecule has 2 rings (SSSR count). The van der Waals surface area contributed by atoms with Crippen molar-refractivity contribution in [3.05, 3.63) is 64.7 Å². The van der Waals surface area contributed by atoms with E-state index in [-0.39, 0.29) is 16.8 Å². The lowest BCUT2D eigenvalue weighted by Gasteiger charge is -2.07. The largest absolute Gasteiger partial charge is 0.322 e. The van der Waals surface area contributed by atoms with E-state index in [1.165, 1.54) is 24.3 Å². The van der Waals surface area contributed by atoms with E-state index in [0.29, 0.717) is 5.56 Å². The lowest BCUT2D eigenvalue weighted by atomic mass is 10.1. The molecule has 0 spiro atoms. The van der Waals surface area contributed by atoms with Crippen LogP contribution in [0, 0.1) is 29.9 Å². The molecule has 5 heteroatoms. The molecule has 1 N–H and O–H groups in total. The molecular weight excluding hydrogens is 262 g/mol. The first-order chi connectivity index (χ1) is 9.49. The number of rotatable bonds is 2. The quantitative estimate of drug-likeness (QED) is 0.911. The Morgan fingerprint density at radius 2 is 1.95 bits per heavy atom. The molecule has 20 heavy (non-hydrogen) atoms. The van der Waals surface area contributed by atoms with Gasteiger partial charge in [-0.25, -0.2) is 8.78 Å². The molecule has 0 fully saturated rings. The van der Waals surface area contributed by atoms with Crippen molar-refractivity contribution in [1.29, 1.82) is 5.26 Å². The van der Waals surface area contributed by atoms with E-state index in [1.807, 2.05) is 0 Å². The van der Waals surface area contributed by atoms with Gasteiger partial charge in [-0.05, 0) is 48.9 Å². The second kappa shape index (κ2) is 5.49. The highest BCUT2D eigenvalue weighted by Gasteiger charge is 2.10. The number of aryl methyl sites for hydroxylation is 1. The van der Waals surface area contributed by atoms with Gasteiger partial charge in [0, 0.05) is 11.3 Å². The van der Waals surface area contributed by atoms with E-state index in [2.05, 4.69) is 5.32 Å². The van der Waals surface area contributed by atoms with Crippen molar-refractivity contribution in [2.75, 3.05) is 5.32 Å². The van der Waals surface area contributed by atoms with Gasteiger partial charge in [-0.1, -0.05) is 0 Å². The molecule has 0 aliphatic rings. The maximum Gasteiger partial charge on any atom is 0.255 e. The molecule has 0 aliphatic heterocycles. The van der Waals surface area contributed by atoms with Crippen LogP contribution in [-0.2, 0) is 0 Å². The molecule has 0 unspecified atom stereocenters. The molecule has 2 aromatic rings. The number of carbonyl (C=O) groups excluding carboxylic acids is 1. The van der Waals surface area contributed by atoms with Gasteiger partial charge in [0.05, 0.1) is 5.56 Å². The minimum absolute atomic E-state index is 0.158. The summed E-state index contributed by atoms with van der Waals surface area (Å²) in [5.41, 5.74) is 0.880. The van der Waals surface area contributed by atoms with Gasteiger partial charge in [-0.3, -0.25) is 4.79 Å². The molecule has 0 aliphatic carbocycles. The highest BCUT2D eigenvalue weighted by atomic mass is 19.1. The maximum absolute atomic E-state index is 13.2. The number of hydrogen-bond acceptors (Lipinski definition) is 2. The molecule has 2 aromatic carbocycles. The second-order valence-electron chi connectivity index (χ2n) is 4.28. The molecular formula is C15H10F2N2O. The second-order valence-corrected chi connectivity index (χ2v) is 4.28. The number of anilines is 1. The van der Waals surface area contributed by atoms with Gasteiger partial charge in [0.1, 0.15) is 17.7 Å². The van der Waals surface area contributed by atoms with Crippen LogP contribution in [0.1, 0.15) is 21.5 Å². The van der Waals surface area contributed by atoms with E-state index in [4.69, 9.17) is 5.26 Å². The predicted octanol–water partition coefficient (Wildman–Crippen LogP) is 3.40. The number of carbonyl (C=O) groups is 1. The fourth-order valence-electron chi connectivity index (χ4n) is 1.76. The summed E-state index contributed by atoms with van der Waals surface area (Å²) in [5.74, 6) is -1.69. The van der Waals surface area contributed by atoms with Crippen molar-refractivity contribution >= 4 is 11.6 Å². The van der Waals surface area contributed by atoms with Crippen molar-refractivity contribution in [2.24, 2.45) is 0 Å². The zero-order valence-electron chi connectivity index (χ0n) is 10.6. The summed E-state index contributed by atoms with van der Waals surface area (Å²) in [5, 5.41) is 11.2.